The molecule has 1 rings (SSSR count). The fourth-order valence-electron chi connectivity index (χ4n) is 2.72. The zero-order valence-electron chi connectivity index (χ0n) is 16.4. The van der Waals surface area contributed by atoms with E-state index in [-0.39, 0.29) is 30.9 Å². The molecule has 2 N–H and O–H groups in total. The minimum atomic E-state index is -0.170. The summed E-state index contributed by atoms with van der Waals surface area (Å²) in [6.07, 6.45) is 1.12. The Morgan fingerprint density at radius 3 is 2.12 bits per heavy atom. The molecule has 0 aliphatic heterocycles. The lowest BCUT2D eigenvalue weighted by atomic mass is 9.92. The van der Waals surface area contributed by atoms with E-state index in [1.54, 1.807) is 14.1 Å². The molecule has 0 aromatic heterocycles. The maximum Gasteiger partial charge on any atom is 0.239 e. The van der Waals surface area contributed by atoms with Crippen molar-refractivity contribution < 1.29 is 9.59 Å². The molecule has 0 saturated heterocycles. The van der Waals surface area contributed by atoms with Crippen molar-refractivity contribution in [2.45, 2.75) is 46.1 Å². The summed E-state index contributed by atoms with van der Waals surface area (Å²) in [6, 6.07) is 8.76. The number of nitrogens with one attached hydrogen (secondary N) is 2. The fourth-order valence-corrected chi connectivity index (χ4v) is 2.72. The molecular formula is C20H33N3O2. The van der Waals surface area contributed by atoms with E-state index >= 15 is 0 Å². The highest BCUT2D eigenvalue weighted by Gasteiger charge is 2.19. The molecule has 25 heavy (non-hydrogen) atoms. The predicted octanol–water partition coefficient (Wildman–Crippen LogP) is 2.69. The SMILES string of the molecule is CC[C@H](C)c1ccc([C@@H](NCC(=O)N(C)CC(=O)NC)C(C)C)cc1. The van der Waals surface area contributed by atoms with Gasteiger partial charge in [-0.1, -0.05) is 52.0 Å². The van der Waals surface area contributed by atoms with Gasteiger partial charge in [0.2, 0.25) is 11.8 Å². The van der Waals surface area contributed by atoms with Crippen molar-refractivity contribution in [3.05, 3.63) is 35.4 Å². The van der Waals surface area contributed by atoms with Crippen molar-refractivity contribution >= 4 is 11.8 Å². The van der Waals surface area contributed by atoms with Crippen LogP contribution in [0.1, 0.15) is 57.2 Å². The van der Waals surface area contributed by atoms with Gasteiger partial charge in [-0.3, -0.25) is 9.59 Å². The Bertz CT molecular complexity index is 555. The van der Waals surface area contributed by atoms with Gasteiger partial charge in [0, 0.05) is 20.1 Å². The molecule has 0 unspecified atom stereocenters. The van der Waals surface area contributed by atoms with Gasteiger partial charge in [-0.15, -0.1) is 0 Å². The van der Waals surface area contributed by atoms with E-state index in [9.17, 15) is 9.59 Å². The van der Waals surface area contributed by atoms with E-state index in [1.807, 2.05) is 0 Å². The van der Waals surface area contributed by atoms with Gasteiger partial charge in [-0.05, 0) is 29.4 Å². The van der Waals surface area contributed by atoms with Crippen LogP contribution in [0.5, 0.6) is 0 Å². The summed E-state index contributed by atoms with van der Waals surface area (Å²) < 4.78 is 0. The Balaban J connectivity index is 2.71. The molecule has 140 valence electrons. The van der Waals surface area contributed by atoms with Crippen LogP contribution < -0.4 is 10.6 Å². The minimum absolute atomic E-state index is 0.0764. The van der Waals surface area contributed by atoms with Crippen LogP contribution in [0.15, 0.2) is 24.3 Å². The summed E-state index contributed by atoms with van der Waals surface area (Å²) in [5, 5.41) is 5.87. The third-order valence-corrected chi connectivity index (χ3v) is 4.70. The van der Waals surface area contributed by atoms with Gasteiger partial charge in [0.25, 0.3) is 0 Å². The first-order valence-corrected chi connectivity index (χ1v) is 9.07. The molecule has 2 atom stereocenters. The number of nitrogens with zero attached hydrogens (tertiary/aromatic N) is 1. The normalized spacial score (nSPS) is 13.4. The summed E-state index contributed by atoms with van der Waals surface area (Å²) in [7, 11) is 3.21. The van der Waals surface area contributed by atoms with Gasteiger partial charge in [-0.25, -0.2) is 0 Å². The van der Waals surface area contributed by atoms with E-state index in [1.165, 1.54) is 16.0 Å². The molecule has 0 heterocycles. The second-order valence-electron chi connectivity index (χ2n) is 7.00. The van der Waals surface area contributed by atoms with Crippen molar-refractivity contribution in [1.29, 1.82) is 0 Å². The zero-order chi connectivity index (χ0) is 19.0. The van der Waals surface area contributed by atoms with Crippen LogP contribution in [0.4, 0.5) is 0 Å². The fraction of sp³-hybridized carbons (Fsp3) is 0.600. The Hall–Kier alpha value is -1.88. The van der Waals surface area contributed by atoms with Crippen molar-refractivity contribution in [2.75, 3.05) is 27.2 Å². The Morgan fingerprint density at radius 2 is 1.64 bits per heavy atom. The zero-order valence-corrected chi connectivity index (χ0v) is 16.4. The molecule has 0 aliphatic carbocycles. The summed E-state index contributed by atoms with van der Waals surface area (Å²) in [6.45, 7) is 8.99. The smallest absolute Gasteiger partial charge is 0.239 e. The molecule has 0 spiro atoms. The molecule has 0 radical (unpaired) electrons. The number of amides is 2. The largest absolute Gasteiger partial charge is 0.358 e. The quantitative estimate of drug-likeness (QED) is 0.722. The van der Waals surface area contributed by atoms with Crippen LogP contribution in [0.2, 0.25) is 0 Å². The summed E-state index contributed by atoms with van der Waals surface area (Å²) in [5.74, 6) is 0.647. The molecule has 1 aromatic carbocycles. The average molecular weight is 348 g/mol. The number of hydrogen-bond acceptors (Lipinski definition) is 3. The van der Waals surface area contributed by atoms with Crippen LogP contribution in [-0.4, -0.2) is 43.9 Å². The van der Waals surface area contributed by atoms with Crippen molar-refractivity contribution in [3.63, 3.8) is 0 Å². The molecule has 2 amide bonds. The molecule has 5 heteroatoms. The number of carbonyl (C=O) groups is 2. The van der Waals surface area contributed by atoms with Crippen LogP contribution in [0.3, 0.4) is 0 Å². The van der Waals surface area contributed by atoms with Crippen LogP contribution in [0.25, 0.3) is 0 Å². The number of carbonyl (C=O) groups excluding carboxylic acids is 2. The van der Waals surface area contributed by atoms with E-state index in [4.69, 9.17) is 0 Å². The maximum absolute atomic E-state index is 12.2. The van der Waals surface area contributed by atoms with Crippen molar-refractivity contribution in [3.8, 4) is 0 Å². The molecule has 1 aromatic rings. The first-order chi connectivity index (χ1) is 11.8. The topological polar surface area (TPSA) is 61.4 Å². The molecular weight excluding hydrogens is 314 g/mol. The lowest BCUT2D eigenvalue weighted by molar-refractivity contribution is -0.134. The molecule has 0 fully saturated rings. The number of likely N-dealkylation sites (N-methyl/N-ethyl adjacent to an activating group) is 2. The molecule has 5 nitrogen and oxygen atoms in total. The van der Waals surface area contributed by atoms with Gasteiger partial charge in [0.1, 0.15) is 0 Å². The number of benzene rings is 1. The van der Waals surface area contributed by atoms with Crippen LogP contribution >= 0.6 is 0 Å². The monoisotopic (exact) mass is 347 g/mol. The van der Waals surface area contributed by atoms with Crippen molar-refractivity contribution in [1.82, 2.24) is 15.5 Å². The van der Waals surface area contributed by atoms with E-state index < -0.39 is 0 Å². The highest BCUT2D eigenvalue weighted by Crippen LogP contribution is 2.25. The highest BCUT2D eigenvalue weighted by molar-refractivity contribution is 5.85. The maximum atomic E-state index is 12.2. The average Bonchev–Trinajstić information content (AvgIpc) is 2.60. The van der Waals surface area contributed by atoms with E-state index in [0.717, 1.165) is 6.42 Å². The minimum Gasteiger partial charge on any atom is -0.358 e. The van der Waals surface area contributed by atoms with E-state index in [0.29, 0.717) is 11.8 Å². The molecule has 0 saturated carbocycles. The molecule has 0 aliphatic rings. The van der Waals surface area contributed by atoms with Gasteiger partial charge in [0.05, 0.1) is 13.1 Å². The van der Waals surface area contributed by atoms with Crippen molar-refractivity contribution in [2.24, 2.45) is 5.92 Å². The third-order valence-electron chi connectivity index (χ3n) is 4.70. The standard InChI is InChI=1S/C20H33N3O2/c1-7-15(4)16-8-10-17(11-9-16)20(14(2)3)22-12-19(25)23(6)13-18(24)21-5/h8-11,14-15,20,22H,7,12-13H2,1-6H3,(H,21,24)/t15-,20-/m0/s1. The second-order valence-corrected chi connectivity index (χ2v) is 7.00. The van der Waals surface area contributed by atoms with Gasteiger partial charge >= 0.3 is 0 Å². The third kappa shape index (κ3) is 6.50. The Kier molecular flexibility index (Phi) is 8.62. The predicted molar refractivity (Wildman–Crippen MR) is 102 cm³/mol. The van der Waals surface area contributed by atoms with Crippen LogP contribution in [0, 0.1) is 5.92 Å². The van der Waals surface area contributed by atoms with Crippen LogP contribution in [-0.2, 0) is 9.59 Å². The lowest BCUT2D eigenvalue weighted by Gasteiger charge is -2.25. The number of rotatable bonds is 9. The summed E-state index contributed by atoms with van der Waals surface area (Å²) in [5.41, 5.74) is 2.53. The van der Waals surface area contributed by atoms with Gasteiger partial charge in [-0.2, -0.15) is 0 Å². The van der Waals surface area contributed by atoms with E-state index in [2.05, 4.69) is 62.6 Å². The first-order valence-electron chi connectivity index (χ1n) is 9.07. The lowest BCUT2D eigenvalue weighted by Crippen LogP contribution is -2.42. The summed E-state index contributed by atoms with van der Waals surface area (Å²) in [4.78, 5) is 25.0. The highest BCUT2D eigenvalue weighted by atomic mass is 16.2. The Labute approximate surface area is 152 Å². The summed E-state index contributed by atoms with van der Waals surface area (Å²) >= 11 is 0. The number of hydrogen-bond donors (Lipinski definition) is 2. The second kappa shape index (κ2) is 10.2. The first kappa shape index (κ1) is 21.2. The van der Waals surface area contributed by atoms with Gasteiger partial charge < -0.3 is 15.5 Å². The van der Waals surface area contributed by atoms with Gasteiger partial charge in [0.15, 0.2) is 0 Å². The molecule has 0 bridgehead atoms. The Morgan fingerprint density at radius 1 is 1.08 bits per heavy atom.